The predicted molar refractivity (Wildman–Crippen MR) is 87.6 cm³/mol. The predicted octanol–water partition coefficient (Wildman–Crippen LogP) is 4.27. The van der Waals surface area contributed by atoms with Gasteiger partial charge < -0.3 is 5.11 Å². The van der Waals surface area contributed by atoms with Crippen molar-refractivity contribution in [1.82, 2.24) is 0 Å². The van der Waals surface area contributed by atoms with Gasteiger partial charge in [0.2, 0.25) is 0 Å². The Balaban J connectivity index is 1.82. The van der Waals surface area contributed by atoms with Gasteiger partial charge in [-0.25, -0.2) is 0 Å². The van der Waals surface area contributed by atoms with Gasteiger partial charge in [-0.15, -0.1) is 0 Å². The molecule has 108 valence electrons. The maximum Gasteiger partial charge on any atom is 0.195 e. The maximum atomic E-state index is 12.3. The molecule has 0 radical (unpaired) electrons. The van der Waals surface area contributed by atoms with Gasteiger partial charge in [-0.1, -0.05) is 84.9 Å². The Hall–Kier alpha value is -2.71. The standard InChI is InChI=1S/C20H16O2/c21-19(17-9-5-2-6-10-17)20(22)18-13-11-16(12-14-18)15-7-3-1-4-8-15/h1-14,20,22H. The van der Waals surface area contributed by atoms with Crippen LogP contribution in [0.3, 0.4) is 0 Å². The van der Waals surface area contributed by atoms with Gasteiger partial charge in [-0.2, -0.15) is 0 Å². The minimum Gasteiger partial charge on any atom is -0.380 e. The lowest BCUT2D eigenvalue weighted by molar-refractivity contribution is 0.0747. The topological polar surface area (TPSA) is 37.3 Å². The second-order valence-corrected chi connectivity index (χ2v) is 5.12. The van der Waals surface area contributed by atoms with Crippen molar-refractivity contribution in [3.63, 3.8) is 0 Å². The summed E-state index contributed by atoms with van der Waals surface area (Å²) in [4.78, 5) is 12.3. The molecule has 0 saturated carbocycles. The van der Waals surface area contributed by atoms with Gasteiger partial charge in [0.05, 0.1) is 0 Å². The number of Topliss-reactive ketones (excluding diaryl/α,β-unsaturated/α-hetero) is 1. The third-order valence-corrected chi connectivity index (χ3v) is 3.64. The van der Waals surface area contributed by atoms with Crippen LogP contribution in [0.5, 0.6) is 0 Å². The third-order valence-electron chi connectivity index (χ3n) is 3.64. The Morgan fingerprint density at radius 2 is 1.18 bits per heavy atom. The second-order valence-electron chi connectivity index (χ2n) is 5.12. The molecule has 1 N–H and O–H groups in total. The van der Waals surface area contributed by atoms with Crippen molar-refractivity contribution in [3.8, 4) is 11.1 Å². The highest BCUT2D eigenvalue weighted by Gasteiger charge is 2.18. The van der Waals surface area contributed by atoms with E-state index in [1.807, 2.05) is 48.5 Å². The Bertz CT molecular complexity index is 747. The average molecular weight is 288 g/mol. The number of rotatable bonds is 4. The molecule has 1 unspecified atom stereocenters. The zero-order valence-electron chi connectivity index (χ0n) is 12.0. The number of carbonyl (C=O) groups is 1. The summed E-state index contributed by atoms with van der Waals surface area (Å²) < 4.78 is 0. The molecule has 2 nitrogen and oxygen atoms in total. The number of hydrogen-bond donors (Lipinski definition) is 1. The highest BCUT2D eigenvalue weighted by atomic mass is 16.3. The van der Waals surface area contributed by atoms with Crippen LogP contribution in [0.15, 0.2) is 84.9 Å². The molecule has 1 atom stereocenters. The lowest BCUT2D eigenvalue weighted by Gasteiger charge is -2.11. The van der Waals surface area contributed by atoms with Crippen LogP contribution < -0.4 is 0 Å². The fraction of sp³-hybridized carbons (Fsp3) is 0.0500. The largest absolute Gasteiger partial charge is 0.380 e. The van der Waals surface area contributed by atoms with Crippen molar-refractivity contribution < 1.29 is 9.90 Å². The van der Waals surface area contributed by atoms with Crippen LogP contribution in [-0.4, -0.2) is 10.9 Å². The van der Waals surface area contributed by atoms with Crippen LogP contribution >= 0.6 is 0 Å². The minimum atomic E-state index is -1.13. The lowest BCUT2D eigenvalue weighted by atomic mass is 9.97. The van der Waals surface area contributed by atoms with E-state index in [2.05, 4.69) is 0 Å². The molecular formula is C20H16O2. The molecule has 0 aromatic heterocycles. The third kappa shape index (κ3) is 2.97. The fourth-order valence-electron chi connectivity index (χ4n) is 2.40. The Kier molecular flexibility index (Phi) is 4.12. The van der Waals surface area contributed by atoms with Crippen molar-refractivity contribution in [3.05, 3.63) is 96.1 Å². The van der Waals surface area contributed by atoms with E-state index >= 15 is 0 Å². The van der Waals surface area contributed by atoms with Gasteiger partial charge in [0.25, 0.3) is 0 Å². The first kappa shape index (κ1) is 14.2. The molecule has 0 amide bonds. The van der Waals surface area contributed by atoms with Crippen molar-refractivity contribution in [1.29, 1.82) is 0 Å². The summed E-state index contributed by atoms with van der Waals surface area (Å²) in [6.45, 7) is 0. The van der Waals surface area contributed by atoms with E-state index in [0.717, 1.165) is 11.1 Å². The summed E-state index contributed by atoms with van der Waals surface area (Å²) in [5.41, 5.74) is 3.29. The zero-order valence-corrected chi connectivity index (χ0v) is 12.0. The first-order chi connectivity index (χ1) is 10.8. The SMILES string of the molecule is O=C(c1ccccc1)C(O)c1ccc(-c2ccccc2)cc1. The van der Waals surface area contributed by atoms with Crippen LogP contribution in [0.4, 0.5) is 0 Å². The van der Waals surface area contributed by atoms with Crippen molar-refractivity contribution >= 4 is 5.78 Å². The Morgan fingerprint density at radius 3 is 1.77 bits per heavy atom. The Labute approximate surface area is 129 Å². The highest BCUT2D eigenvalue weighted by molar-refractivity contribution is 5.99. The van der Waals surface area contributed by atoms with Crippen molar-refractivity contribution in [2.75, 3.05) is 0 Å². The van der Waals surface area contributed by atoms with Crippen LogP contribution in [0.25, 0.3) is 11.1 Å². The van der Waals surface area contributed by atoms with E-state index in [1.165, 1.54) is 0 Å². The van der Waals surface area contributed by atoms with Gasteiger partial charge in [0.15, 0.2) is 5.78 Å². The number of aliphatic hydroxyl groups is 1. The first-order valence-corrected chi connectivity index (χ1v) is 7.18. The van der Waals surface area contributed by atoms with Gasteiger partial charge in [-0.05, 0) is 16.7 Å². The van der Waals surface area contributed by atoms with E-state index in [9.17, 15) is 9.90 Å². The number of carbonyl (C=O) groups excluding carboxylic acids is 1. The Morgan fingerprint density at radius 1 is 0.682 bits per heavy atom. The molecule has 0 bridgehead atoms. The highest BCUT2D eigenvalue weighted by Crippen LogP contribution is 2.23. The van der Waals surface area contributed by atoms with Crippen LogP contribution in [0, 0.1) is 0 Å². The molecule has 0 heterocycles. The van der Waals surface area contributed by atoms with Gasteiger partial charge >= 0.3 is 0 Å². The number of ketones is 1. The smallest absolute Gasteiger partial charge is 0.195 e. The monoisotopic (exact) mass is 288 g/mol. The lowest BCUT2D eigenvalue weighted by Crippen LogP contribution is -2.12. The quantitative estimate of drug-likeness (QED) is 0.728. The van der Waals surface area contributed by atoms with Crippen LogP contribution in [0.2, 0.25) is 0 Å². The average Bonchev–Trinajstić information content (AvgIpc) is 2.62. The van der Waals surface area contributed by atoms with E-state index in [-0.39, 0.29) is 5.78 Å². The molecule has 2 heteroatoms. The van der Waals surface area contributed by atoms with E-state index in [0.29, 0.717) is 11.1 Å². The molecule has 0 saturated heterocycles. The molecular weight excluding hydrogens is 272 g/mol. The number of aliphatic hydroxyl groups excluding tert-OH is 1. The molecule has 0 aliphatic heterocycles. The molecule has 3 aromatic rings. The summed E-state index contributed by atoms with van der Waals surface area (Å²) in [6, 6.07) is 26.3. The number of benzene rings is 3. The summed E-state index contributed by atoms with van der Waals surface area (Å²) in [6.07, 6.45) is -1.13. The zero-order chi connectivity index (χ0) is 15.4. The van der Waals surface area contributed by atoms with Gasteiger partial charge in [-0.3, -0.25) is 4.79 Å². The molecule has 0 aliphatic carbocycles. The fourth-order valence-corrected chi connectivity index (χ4v) is 2.40. The maximum absolute atomic E-state index is 12.3. The summed E-state index contributed by atoms with van der Waals surface area (Å²) >= 11 is 0. The van der Waals surface area contributed by atoms with E-state index < -0.39 is 6.10 Å². The van der Waals surface area contributed by atoms with E-state index in [4.69, 9.17) is 0 Å². The second kappa shape index (κ2) is 6.37. The molecule has 0 aliphatic rings. The molecule has 0 fully saturated rings. The molecule has 0 spiro atoms. The van der Waals surface area contributed by atoms with Crippen molar-refractivity contribution in [2.45, 2.75) is 6.10 Å². The summed E-state index contributed by atoms with van der Waals surface area (Å²) in [5, 5.41) is 10.3. The first-order valence-electron chi connectivity index (χ1n) is 7.18. The summed E-state index contributed by atoms with van der Waals surface area (Å²) in [7, 11) is 0. The molecule has 3 rings (SSSR count). The van der Waals surface area contributed by atoms with Gasteiger partial charge in [0, 0.05) is 5.56 Å². The van der Waals surface area contributed by atoms with E-state index in [1.54, 1.807) is 36.4 Å². The molecule has 22 heavy (non-hydrogen) atoms. The normalized spacial score (nSPS) is 11.9. The number of hydrogen-bond acceptors (Lipinski definition) is 2. The molecule has 3 aromatic carbocycles. The van der Waals surface area contributed by atoms with Gasteiger partial charge in [0.1, 0.15) is 6.10 Å². The minimum absolute atomic E-state index is 0.284. The van der Waals surface area contributed by atoms with Crippen molar-refractivity contribution in [2.24, 2.45) is 0 Å². The van der Waals surface area contributed by atoms with Crippen LogP contribution in [0.1, 0.15) is 22.0 Å². The van der Waals surface area contributed by atoms with Crippen LogP contribution in [-0.2, 0) is 0 Å². The summed E-state index contributed by atoms with van der Waals surface area (Å²) in [5.74, 6) is -0.284.